The molecule has 5 aromatic carbocycles. The number of hydrogen-bond donors (Lipinski definition) is 0. The summed E-state index contributed by atoms with van der Waals surface area (Å²) >= 11 is 0. The summed E-state index contributed by atoms with van der Waals surface area (Å²) in [5.74, 6) is 0. The second-order valence-electron chi connectivity index (χ2n) is 10.3. The Balaban J connectivity index is 1.38. The van der Waals surface area contributed by atoms with Gasteiger partial charge in [0.15, 0.2) is 5.58 Å². The lowest BCUT2D eigenvalue weighted by Gasteiger charge is -2.14. The van der Waals surface area contributed by atoms with Crippen molar-refractivity contribution in [3.05, 3.63) is 132 Å². The molecule has 5 heteroatoms. The first-order chi connectivity index (χ1) is 20.3. The van der Waals surface area contributed by atoms with Gasteiger partial charge in [-0.15, -0.1) is 0 Å². The Hall–Kier alpha value is -5.68. The van der Waals surface area contributed by atoms with E-state index in [4.69, 9.17) is 8.83 Å². The zero-order chi connectivity index (χ0) is 27.1. The third-order valence-corrected chi connectivity index (χ3v) is 8.11. The second-order valence-corrected chi connectivity index (χ2v) is 10.3. The Kier molecular flexibility index (Phi) is 4.41. The van der Waals surface area contributed by atoms with E-state index in [0.29, 0.717) is 21.9 Å². The Morgan fingerprint density at radius 3 is 2.20 bits per heavy atom. The highest BCUT2D eigenvalue weighted by molar-refractivity contribution is 6.21. The fraction of sp³-hybridized carbons (Fsp3) is 0. The molecule has 0 radical (unpaired) electrons. The van der Waals surface area contributed by atoms with Gasteiger partial charge in [0.05, 0.1) is 27.5 Å². The van der Waals surface area contributed by atoms with Gasteiger partial charge in [0.25, 0.3) is 0 Å². The maximum atomic E-state index is 13.2. The summed E-state index contributed by atoms with van der Waals surface area (Å²) < 4.78 is 15.0. The van der Waals surface area contributed by atoms with Crippen molar-refractivity contribution in [2.24, 2.45) is 0 Å². The normalized spacial score (nSPS) is 12.0. The van der Waals surface area contributed by atoms with Crippen LogP contribution in [-0.2, 0) is 0 Å². The average Bonchev–Trinajstić information content (AvgIpc) is 3.57. The largest absolute Gasteiger partial charge is 0.456 e. The molecule has 0 bridgehead atoms. The van der Waals surface area contributed by atoms with Crippen LogP contribution in [0.4, 0.5) is 0 Å². The van der Waals surface area contributed by atoms with Crippen molar-refractivity contribution < 1.29 is 8.83 Å². The Morgan fingerprint density at radius 1 is 0.585 bits per heavy atom. The van der Waals surface area contributed by atoms with Crippen molar-refractivity contribution in [2.75, 3.05) is 0 Å². The number of benzene rings is 5. The molecule has 0 atom stereocenters. The molecule has 0 unspecified atom stereocenters. The minimum absolute atomic E-state index is 0.0242. The highest BCUT2D eigenvalue weighted by Crippen LogP contribution is 2.41. The molecule has 41 heavy (non-hydrogen) atoms. The van der Waals surface area contributed by atoms with Crippen molar-refractivity contribution in [3.63, 3.8) is 0 Å². The Labute approximate surface area is 232 Å². The molecule has 4 heterocycles. The van der Waals surface area contributed by atoms with Crippen LogP contribution in [0.25, 0.3) is 82.5 Å². The van der Waals surface area contributed by atoms with Gasteiger partial charge in [0.2, 0.25) is 5.43 Å². The van der Waals surface area contributed by atoms with Gasteiger partial charge in [0, 0.05) is 39.5 Å². The molecule has 0 aliphatic carbocycles. The van der Waals surface area contributed by atoms with Crippen molar-refractivity contribution in [1.82, 2.24) is 9.55 Å². The highest BCUT2D eigenvalue weighted by Gasteiger charge is 2.21. The van der Waals surface area contributed by atoms with E-state index in [1.54, 1.807) is 6.07 Å². The van der Waals surface area contributed by atoms with E-state index in [-0.39, 0.29) is 5.43 Å². The van der Waals surface area contributed by atoms with E-state index >= 15 is 0 Å². The zero-order valence-electron chi connectivity index (χ0n) is 21.7. The van der Waals surface area contributed by atoms with E-state index in [2.05, 4.69) is 39.9 Å². The molecule has 192 valence electrons. The number of para-hydroxylation sites is 3. The lowest BCUT2D eigenvalue weighted by molar-refractivity contribution is 0.660. The first-order valence-electron chi connectivity index (χ1n) is 13.5. The zero-order valence-corrected chi connectivity index (χ0v) is 21.7. The van der Waals surface area contributed by atoms with Gasteiger partial charge in [-0.25, -0.2) is 0 Å². The van der Waals surface area contributed by atoms with Crippen molar-refractivity contribution in [1.29, 1.82) is 0 Å². The molecule has 9 aromatic rings. The van der Waals surface area contributed by atoms with Crippen molar-refractivity contribution in [3.8, 4) is 16.8 Å². The summed E-state index contributed by atoms with van der Waals surface area (Å²) in [6.45, 7) is 0. The maximum Gasteiger partial charge on any atom is 0.200 e. The summed E-state index contributed by atoms with van der Waals surface area (Å²) in [4.78, 5) is 17.7. The van der Waals surface area contributed by atoms with Crippen LogP contribution in [0.15, 0.2) is 135 Å². The number of furan rings is 1. The van der Waals surface area contributed by atoms with Crippen molar-refractivity contribution in [2.45, 2.75) is 0 Å². The molecule has 0 saturated heterocycles. The summed E-state index contributed by atoms with van der Waals surface area (Å²) in [6, 6.07) is 36.0. The molecule has 0 amide bonds. The van der Waals surface area contributed by atoms with Crippen LogP contribution in [0.2, 0.25) is 0 Å². The van der Waals surface area contributed by atoms with Crippen LogP contribution in [0.1, 0.15) is 0 Å². The highest BCUT2D eigenvalue weighted by atomic mass is 16.3. The van der Waals surface area contributed by atoms with Gasteiger partial charge in [-0.2, -0.15) is 0 Å². The predicted molar refractivity (Wildman–Crippen MR) is 165 cm³/mol. The van der Waals surface area contributed by atoms with Crippen LogP contribution in [0.5, 0.6) is 0 Å². The number of aromatic nitrogens is 2. The van der Waals surface area contributed by atoms with E-state index in [1.807, 2.05) is 85.2 Å². The number of rotatable bonds is 2. The fourth-order valence-corrected chi connectivity index (χ4v) is 6.26. The Morgan fingerprint density at radius 2 is 1.29 bits per heavy atom. The van der Waals surface area contributed by atoms with Gasteiger partial charge < -0.3 is 13.4 Å². The van der Waals surface area contributed by atoms with Gasteiger partial charge in [-0.1, -0.05) is 60.7 Å². The van der Waals surface area contributed by atoms with E-state index in [9.17, 15) is 4.79 Å². The molecule has 0 aliphatic heterocycles. The smallest absolute Gasteiger partial charge is 0.200 e. The molecule has 0 fully saturated rings. The van der Waals surface area contributed by atoms with E-state index in [1.165, 1.54) is 0 Å². The molecular weight excluding hydrogens is 508 g/mol. The first kappa shape index (κ1) is 22.2. The number of nitrogens with zero attached hydrogens (tertiary/aromatic N) is 2. The maximum absolute atomic E-state index is 13.2. The SMILES string of the molecule is O=c1c2ccccc2oc2cc(-c3ccccc3-n3c4ccncc4c4ccc5c6ccccc6oc5c43)ccc12. The number of pyridine rings is 1. The van der Waals surface area contributed by atoms with E-state index < -0.39 is 0 Å². The summed E-state index contributed by atoms with van der Waals surface area (Å²) in [7, 11) is 0. The van der Waals surface area contributed by atoms with Crippen LogP contribution >= 0.6 is 0 Å². The fourth-order valence-electron chi connectivity index (χ4n) is 6.26. The molecule has 4 aromatic heterocycles. The topological polar surface area (TPSA) is 61.2 Å². The summed E-state index contributed by atoms with van der Waals surface area (Å²) in [5.41, 5.74) is 7.80. The first-order valence-corrected chi connectivity index (χ1v) is 13.5. The van der Waals surface area contributed by atoms with E-state index in [0.717, 1.165) is 60.6 Å². The van der Waals surface area contributed by atoms with Crippen LogP contribution < -0.4 is 5.43 Å². The molecule has 0 N–H and O–H groups in total. The molecular formula is C36H20N2O3. The van der Waals surface area contributed by atoms with Crippen molar-refractivity contribution >= 4 is 65.7 Å². The quantitative estimate of drug-likeness (QED) is 0.210. The third-order valence-electron chi connectivity index (χ3n) is 8.11. The predicted octanol–water partition coefficient (Wildman–Crippen LogP) is 9.00. The van der Waals surface area contributed by atoms with Crippen LogP contribution in [-0.4, -0.2) is 9.55 Å². The molecule has 0 spiro atoms. The van der Waals surface area contributed by atoms with Gasteiger partial charge >= 0.3 is 0 Å². The minimum atomic E-state index is -0.0242. The summed E-state index contributed by atoms with van der Waals surface area (Å²) in [6.07, 6.45) is 3.74. The third kappa shape index (κ3) is 3.06. The van der Waals surface area contributed by atoms with Crippen LogP contribution in [0.3, 0.4) is 0 Å². The average molecular weight is 529 g/mol. The molecule has 0 aliphatic rings. The van der Waals surface area contributed by atoms with Gasteiger partial charge in [0.1, 0.15) is 16.7 Å². The van der Waals surface area contributed by atoms with Gasteiger partial charge in [-0.3, -0.25) is 9.78 Å². The standard InChI is InChI=1S/C36H20N2O3/c39-35-26-9-3-6-12-32(26)40-33-19-21(13-14-27(33)35)22-7-1-4-10-29(22)38-30-17-18-37-20-28(30)24-15-16-25-23-8-2-5-11-31(23)41-36(25)34(24)38/h1-20H. The lowest BCUT2D eigenvalue weighted by Crippen LogP contribution is -2.02. The molecule has 5 nitrogen and oxygen atoms in total. The molecule has 9 rings (SSSR count). The second kappa shape index (κ2) is 8.16. The lowest BCUT2D eigenvalue weighted by atomic mass is 10.0. The van der Waals surface area contributed by atoms with Crippen LogP contribution in [0, 0.1) is 0 Å². The Bertz CT molecular complexity index is 2570. The number of fused-ring (bicyclic) bond motifs is 9. The number of hydrogen-bond acceptors (Lipinski definition) is 4. The van der Waals surface area contributed by atoms with Gasteiger partial charge in [-0.05, 0) is 54.1 Å². The minimum Gasteiger partial charge on any atom is -0.456 e. The summed E-state index contributed by atoms with van der Waals surface area (Å²) in [5, 5.41) is 5.44. The monoisotopic (exact) mass is 528 g/mol. The molecule has 0 saturated carbocycles.